The number of nitrogens with zero attached hydrogens (tertiary/aromatic N) is 1. The van der Waals surface area contributed by atoms with Crippen molar-refractivity contribution in [3.8, 4) is 23.8 Å². The molecule has 0 fully saturated rings. The number of carbonyl (C=O) groups excluding carboxylic acids is 1. The molecule has 1 aromatic heterocycles. The third-order valence-electron chi connectivity index (χ3n) is 3.00. The lowest BCUT2D eigenvalue weighted by Crippen LogP contribution is -2.04. The first kappa shape index (κ1) is 14.6. The number of benzene rings is 2. The molecular formula is C17H10INO3. The number of aromatic nitrogens is 1. The number of fused-ring (bicyclic) bond motifs is 1. The molecule has 0 aliphatic rings. The van der Waals surface area contributed by atoms with Crippen molar-refractivity contribution in [2.45, 2.75) is 0 Å². The SMILES string of the molecule is C#CCOC(=O)c1ccc2oc(-c3ccc(I)cc3)nc2c1. The number of hydrogen-bond donors (Lipinski definition) is 0. The molecule has 22 heavy (non-hydrogen) atoms. The zero-order valence-electron chi connectivity index (χ0n) is 11.4. The second-order valence-electron chi connectivity index (χ2n) is 4.49. The molecule has 3 rings (SSSR count). The molecule has 3 aromatic rings. The molecular weight excluding hydrogens is 393 g/mol. The van der Waals surface area contributed by atoms with Gasteiger partial charge < -0.3 is 9.15 Å². The van der Waals surface area contributed by atoms with Gasteiger partial charge in [-0.05, 0) is 65.1 Å². The van der Waals surface area contributed by atoms with Crippen molar-refractivity contribution in [1.29, 1.82) is 0 Å². The molecule has 0 N–H and O–H groups in total. The molecule has 0 aliphatic carbocycles. The first-order chi connectivity index (χ1) is 10.7. The second-order valence-corrected chi connectivity index (χ2v) is 5.73. The number of carbonyl (C=O) groups is 1. The van der Waals surface area contributed by atoms with Gasteiger partial charge in [0.1, 0.15) is 5.52 Å². The van der Waals surface area contributed by atoms with Gasteiger partial charge in [-0.15, -0.1) is 6.42 Å². The van der Waals surface area contributed by atoms with Crippen LogP contribution in [0.2, 0.25) is 0 Å². The molecule has 0 spiro atoms. The maximum absolute atomic E-state index is 11.8. The van der Waals surface area contributed by atoms with Crippen LogP contribution < -0.4 is 0 Å². The zero-order valence-corrected chi connectivity index (χ0v) is 13.5. The Morgan fingerprint density at radius 1 is 1.27 bits per heavy atom. The molecule has 0 radical (unpaired) electrons. The van der Waals surface area contributed by atoms with Crippen molar-refractivity contribution in [1.82, 2.24) is 4.98 Å². The van der Waals surface area contributed by atoms with Crippen molar-refractivity contribution < 1.29 is 13.9 Å². The lowest BCUT2D eigenvalue weighted by atomic mass is 10.2. The zero-order chi connectivity index (χ0) is 15.5. The van der Waals surface area contributed by atoms with Crippen LogP contribution >= 0.6 is 22.6 Å². The Hall–Kier alpha value is -2.33. The van der Waals surface area contributed by atoms with Crippen molar-refractivity contribution >= 4 is 39.7 Å². The van der Waals surface area contributed by atoms with E-state index in [1.54, 1.807) is 18.2 Å². The van der Waals surface area contributed by atoms with E-state index in [1.165, 1.54) is 0 Å². The highest BCUT2D eigenvalue weighted by molar-refractivity contribution is 14.1. The Balaban J connectivity index is 1.95. The van der Waals surface area contributed by atoms with Crippen LogP contribution in [0.1, 0.15) is 10.4 Å². The normalized spacial score (nSPS) is 10.4. The van der Waals surface area contributed by atoms with E-state index in [4.69, 9.17) is 15.6 Å². The fourth-order valence-corrected chi connectivity index (χ4v) is 2.32. The van der Waals surface area contributed by atoms with Crippen molar-refractivity contribution in [2.75, 3.05) is 6.61 Å². The van der Waals surface area contributed by atoms with Crippen LogP contribution in [0.5, 0.6) is 0 Å². The fraction of sp³-hybridized carbons (Fsp3) is 0.0588. The molecule has 0 saturated heterocycles. The first-order valence-corrected chi connectivity index (χ1v) is 7.52. The quantitative estimate of drug-likeness (QED) is 0.378. The largest absolute Gasteiger partial charge is 0.449 e. The molecule has 0 atom stereocenters. The monoisotopic (exact) mass is 403 g/mol. The summed E-state index contributed by atoms with van der Waals surface area (Å²) in [5.74, 6) is 2.30. The lowest BCUT2D eigenvalue weighted by molar-refractivity contribution is 0.0557. The Morgan fingerprint density at radius 2 is 2.05 bits per heavy atom. The van der Waals surface area contributed by atoms with E-state index in [1.807, 2.05) is 24.3 Å². The number of ether oxygens (including phenoxy) is 1. The number of hydrogen-bond acceptors (Lipinski definition) is 4. The predicted octanol–water partition coefficient (Wildman–Crippen LogP) is 3.89. The molecule has 4 nitrogen and oxygen atoms in total. The van der Waals surface area contributed by atoms with E-state index < -0.39 is 5.97 Å². The summed E-state index contributed by atoms with van der Waals surface area (Å²) in [5, 5.41) is 0. The Kier molecular flexibility index (Phi) is 4.11. The van der Waals surface area contributed by atoms with Gasteiger partial charge in [0.15, 0.2) is 12.2 Å². The maximum Gasteiger partial charge on any atom is 0.339 e. The standard InChI is InChI=1S/C17H10INO3/c1-2-9-21-17(20)12-5-8-15-14(10-12)19-16(22-15)11-3-6-13(18)7-4-11/h1,3-8,10H,9H2. The van der Waals surface area contributed by atoms with Crippen molar-refractivity contribution in [2.24, 2.45) is 0 Å². The average molecular weight is 403 g/mol. The molecule has 0 amide bonds. The van der Waals surface area contributed by atoms with Crippen LogP contribution in [0, 0.1) is 15.9 Å². The van der Waals surface area contributed by atoms with Gasteiger partial charge in [-0.2, -0.15) is 0 Å². The molecule has 0 saturated carbocycles. The van der Waals surface area contributed by atoms with Gasteiger partial charge in [0.25, 0.3) is 0 Å². The van der Waals surface area contributed by atoms with E-state index in [0.717, 1.165) is 9.13 Å². The third-order valence-corrected chi connectivity index (χ3v) is 3.72. The lowest BCUT2D eigenvalue weighted by Gasteiger charge is -1.99. The smallest absolute Gasteiger partial charge is 0.339 e. The summed E-state index contributed by atoms with van der Waals surface area (Å²) in [4.78, 5) is 16.2. The maximum atomic E-state index is 11.8. The summed E-state index contributed by atoms with van der Waals surface area (Å²) in [6, 6.07) is 12.8. The van der Waals surface area contributed by atoms with Gasteiger partial charge in [0, 0.05) is 9.13 Å². The minimum Gasteiger partial charge on any atom is -0.449 e. The summed E-state index contributed by atoms with van der Waals surface area (Å²) >= 11 is 2.24. The average Bonchev–Trinajstić information content (AvgIpc) is 2.96. The molecule has 1 heterocycles. The highest BCUT2D eigenvalue weighted by Gasteiger charge is 2.12. The fourth-order valence-electron chi connectivity index (χ4n) is 1.96. The van der Waals surface area contributed by atoms with Gasteiger partial charge in [-0.25, -0.2) is 9.78 Å². The number of oxazole rings is 1. The molecule has 0 unspecified atom stereocenters. The molecule has 5 heteroatoms. The summed E-state index contributed by atoms with van der Waals surface area (Å²) in [6.07, 6.45) is 5.07. The highest BCUT2D eigenvalue weighted by Crippen LogP contribution is 2.25. The number of esters is 1. The summed E-state index contributed by atoms with van der Waals surface area (Å²) < 4.78 is 11.7. The number of rotatable bonds is 3. The molecule has 0 aliphatic heterocycles. The minimum atomic E-state index is -0.473. The number of halogens is 1. The van der Waals surface area contributed by atoms with Gasteiger partial charge in [-0.3, -0.25) is 0 Å². The topological polar surface area (TPSA) is 52.3 Å². The van der Waals surface area contributed by atoms with Crippen LogP contribution in [0.15, 0.2) is 46.9 Å². The summed E-state index contributed by atoms with van der Waals surface area (Å²) in [6.45, 7) is -0.0520. The number of terminal acetylenes is 1. The highest BCUT2D eigenvalue weighted by atomic mass is 127. The van der Waals surface area contributed by atoms with Crippen LogP contribution in [-0.4, -0.2) is 17.6 Å². The van der Waals surface area contributed by atoms with E-state index >= 15 is 0 Å². The second kappa shape index (κ2) is 6.20. The molecule has 2 aromatic carbocycles. The van der Waals surface area contributed by atoms with Gasteiger partial charge in [-0.1, -0.05) is 5.92 Å². The van der Waals surface area contributed by atoms with E-state index in [2.05, 4.69) is 33.5 Å². The van der Waals surface area contributed by atoms with Gasteiger partial charge >= 0.3 is 5.97 Å². The summed E-state index contributed by atoms with van der Waals surface area (Å²) in [7, 11) is 0. The van der Waals surface area contributed by atoms with Crippen LogP contribution in [0.4, 0.5) is 0 Å². The Morgan fingerprint density at radius 3 is 2.77 bits per heavy atom. The summed E-state index contributed by atoms with van der Waals surface area (Å²) in [5.41, 5.74) is 2.49. The molecule has 0 bridgehead atoms. The van der Waals surface area contributed by atoms with Gasteiger partial charge in [0.05, 0.1) is 5.56 Å². The minimum absolute atomic E-state index is 0.0520. The Labute approximate surface area is 140 Å². The van der Waals surface area contributed by atoms with Crippen LogP contribution in [-0.2, 0) is 4.74 Å². The first-order valence-electron chi connectivity index (χ1n) is 6.44. The van der Waals surface area contributed by atoms with Crippen molar-refractivity contribution in [3.63, 3.8) is 0 Å². The molecule has 108 valence electrons. The van der Waals surface area contributed by atoms with Crippen molar-refractivity contribution in [3.05, 3.63) is 51.6 Å². The van der Waals surface area contributed by atoms with Crippen LogP contribution in [0.3, 0.4) is 0 Å². The van der Waals surface area contributed by atoms with Crippen LogP contribution in [0.25, 0.3) is 22.6 Å². The third kappa shape index (κ3) is 2.97. The van der Waals surface area contributed by atoms with Gasteiger partial charge in [0.2, 0.25) is 5.89 Å². The predicted molar refractivity (Wildman–Crippen MR) is 91.3 cm³/mol. The Bertz CT molecular complexity index is 875. The van der Waals surface area contributed by atoms with E-state index in [9.17, 15) is 4.79 Å². The van der Waals surface area contributed by atoms with E-state index in [0.29, 0.717) is 22.6 Å². The van der Waals surface area contributed by atoms with E-state index in [-0.39, 0.29) is 6.61 Å².